The quantitative estimate of drug-likeness (QED) is 0.647. The maximum Gasteiger partial charge on any atom is 0.326 e. The topological polar surface area (TPSA) is 119 Å². The third-order valence-electron chi connectivity index (χ3n) is 3.59. The smallest absolute Gasteiger partial charge is 0.326 e. The van der Waals surface area contributed by atoms with Gasteiger partial charge in [-0.1, -0.05) is 19.1 Å². The summed E-state index contributed by atoms with van der Waals surface area (Å²) in [5.74, 6) is -3.44. The molecular weight excluding hydrogens is 329 g/mol. The van der Waals surface area contributed by atoms with E-state index < -0.39 is 41.6 Å². The molecule has 3 atom stereocenters. The molecule has 0 aliphatic carbocycles. The highest BCUT2D eigenvalue weighted by Gasteiger charge is 2.30. The Morgan fingerprint density at radius 3 is 2.32 bits per heavy atom. The largest absolute Gasteiger partial charge is 0.480 e. The van der Waals surface area contributed by atoms with Gasteiger partial charge in [0.05, 0.1) is 6.07 Å². The first kappa shape index (κ1) is 20.1. The number of carboxylic acid groups (broad SMARTS) is 1. The lowest BCUT2D eigenvalue weighted by Crippen LogP contribution is -2.53. The number of halogens is 1. The van der Waals surface area contributed by atoms with Crippen molar-refractivity contribution in [3.05, 3.63) is 35.6 Å². The number of carbonyl (C=O) groups excluding carboxylic acids is 2. The highest BCUT2D eigenvalue weighted by atomic mass is 19.1. The minimum atomic E-state index is -1.26. The molecule has 0 aromatic heterocycles. The second-order valence-corrected chi connectivity index (χ2v) is 5.75. The number of carbonyl (C=O) groups is 3. The zero-order valence-corrected chi connectivity index (χ0v) is 14.0. The van der Waals surface area contributed by atoms with E-state index >= 15 is 0 Å². The molecule has 1 aromatic rings. The number of aliphatic carboxylic acids is 1. The number of carboxylic acids is 1. The number of benzene rings is 1. The molecular formula is C17H20FN3O4. The van der Waals surface area contributed by atoms with Crippen LogP contribution in [0.2, 0.25) is 0 Å². The van der Waals surface area contributed by atoms with Gasteiger partial charge in [0, 0.05) is 25.7 Å². The molecule has 1 aromatic carbocycles. The van der Waals surface area contributed by atoms with Gasteiger partial charge in [0.2, 0.25) is 11.8 Å². The fraction of sp³-hybridized carbons (Fsp3) is 0.412. The van der Waals surface area contributed by atoms with Gasteiger partial charge in [-0.05, 0) is 17.7 Å². The molecule has 0 spiro atoms. The van der Waals surface area contributed by atoms with Gasteiger partial charge in [0.1, 0.15) is 17.9 Å². The van der Waals surface area contributed by atoms with Crippen molar-refractivity contribution >= 4 is 17.8 Å². The lowest BCUT2D eigenvalue weighted by atomic mass is 9.98. The summed E-state index contributed by atoms with van der Waals surface area (Å²) in [6.07, 6.45) is 0.0324. The van der Waals surface area contributed by atoms with Gasteiger partial charge >= 0.3 is 5.97 Å². The maximum atomic E-state index is 13.0. The summed E-state index contributed by atoms with van der Waals surface area (Å²) in [5, 5.41) is 22.8. The number of nitrogens with zero attached hydrogens (tertiary/aromatic N) is 1. The Hall–Kier alpha value is -2.95. The second kappa shape index (κ2) is 9.37. The van der Waals surface area contributed by atoms with E-state index in [-0.39, 0.29) is 12.8 Å². The molecule has 0 saturated carbocycles. The lowest BCUT2D eigenvalue weighted by molar-refractivity contribution is -0.143. The van der Waals surface area contributed by atoms with E-state index in [1.54, 1.807) is 0 Å². The molecule has 0 saturated heterocycles. The van der Waals surface area contributed by atoms with E-state index in [0.29, 0.717) is 5.56 Å². The van der Waals surface area contributed by atoms with E-state index in [2.05, 4.69) is 10.6 Å². The van der Waals surface area contributed by atoms with Gasteiger partial charge in [-0.15, -0.1) is 0 Å². The van der Waals surface area contributed by atoms with Gasteiger partial charge in [-0.2, -0.15) is 5.26 Å². The zero-order valence-electron chi connectivity index (χ0n) is 14.0. The molecule has 8 heteroatoms. The summed E-state index contributed by atoms with van der Waals surface area (Å²) in [6.45, 7) is 2.77. The molecule has 7 nitrogen and oxygen atoms in total. The van der Waals surface area contributed by atoms with Crippen molar-refractivity contribution in [2.75, 3.05) is 0 Å². The van der Waals surface area contributed by atoms with E-state index in [0.717, 1.165) is 0 Å². The first-order valence-electron chi connectivity index (χ1n) is 7.66. The van der Waals surface area contributed by atoms with Crippen LogP contribution in [0.25, 0.3) is 0 Å². The minimum absolute atomic E-state index is 0.0417. The fourth-order valence-corrected chi connectivity index (χ4v) is 2.27. The summed E-state index contributed by atoms with van der Waals surface area (Å²) >= 11 is 0. The Balaban J connectivity index is 2.91. The molecule has 2 amide bonds. The molecule has 0 aliphatic heterocycles. The van der Waals surface area contributed by atoms with Crippen molar-refractivity contribution < 1.29 is 23.9 Å². The molecule has 1 rings (SSSR count). The van der Waals surface area contributed by atoms with E-state index in [1.165, 1.54) is 38.1 Å². The third-order valence-corrected chi connectivity index (χ3v) is 3.59. The Labute approximate surface area is 144 Å². The summed E-state index contributed by atoms with van der Waals surface area (Å²) in [7, 11) is 0. The number of amides is 2. The van der Waals surface area contributed by atoms with Gasteiger partial charge < -0.3 is 15.7 Å². The molecule has 0 bridgehead atoms. The lowest BCUT2D eigenvalue weighted by Gasteiger charge is -2.23. The standard InChI is InChI=1S/C17H20FN3O4/c1-10(7-8-19)15(17(24)25)21-16(23)14(20-11(2)22)9-12-3-5-13(18)6-4-12/h3-6,10,14-15H,7,9H2,1-2H3,(H,20,22)(H,21,23)(H,24,25)/t10-,14+,15-/m0/s1. The third kappa shape index (κ3) is 6.59. The van der Waals surface area contributed by atoms with Crippen LogP contribution in [0, 0.1) is 23.1 Å². The number of nitrogens with one attached hydrogen (secondary N) is 2. The van der Waals surface area contributed by atoms with Crippen molar-refractivity contribution in [1.29, 1.82) is 5.26 Å². The molecule has 0 heterocycles. The van der Waals surface area contributed by atoms with Crippen LogP contribution in [-0.4, -0.2) is 35.0 Å². The fourth-order valence-electron chi connectivity index (χ4n) is 2.27. The molecule has 3 N–H and O–H groups in total. The predicted molar refractivity (Wildman–Crippen MR) is 86.7 cm³/mol. The van der Waals surface area contributed by atoms with Crippen molar-refractivity contribution in [1.82, 2.24) is 10.6 Å². The molecule has 0 radical (unpaired) electrons. The Morgan fingerprint density at radius 2 is 1.84 bits per heavy atom. The first-order valence-corrected chi connectivity index (χ1v) is 7.66. The SMILES string of the molecule is CC(=O)N[C@H](Cc1ccc(F)cc1)C(=O)N[C@H](C(=O)O)[C@@H](C)CC#N. The van der Waals surface area contributed by atoms with Crippen LogP contribution in [0.15, 0.2) is 24.3 Å². The van der Waals surface area contributed by atoms with Crippen LogP contribution in [0.4, 0.5) is 4.39 Å². The molecule has 0 unspecified atom stereocenters. The molecule has 0 fully saturated rings. The summed E-state index contributed by atoms with van der Waals surface area (Å²) < 4.78 is 13.0. The first-order chi connectivity index (χ1) is 11.7. The van der Waals surface area contributed by atoms with Gasteiger partial charge in [0.25, 0.3) is 0 Å². The number of hydrogen-bond donors (Lipinski definition) is 3. The van der Waals surface area contributed by atoms with Crippen molar-refractivity contribution in [2.45, 2.75) is 38.8 Å². The van der Waals surface area contributed by atoms with Gasteiger partial charge in [0.15, 0.2) is 0 Å². The van der Waals surface area contributed by atoms with Crippen LogP contribution in [0.5, 0.6) is 0 Å². The summed E-state index contributed by atoms with van der Waals surface area (Å²) in [4.78, 5) is 35.1. The van der Waals surface area contributed by atoms with E-state index in [1.807, 2.05) is 6.07 Å². The average molecular weight is 349 g/mol. The van der Waals surface area contributed by atoms with Crippen LogP contribution in [0.3, 0.4) is 0 Å². The number of hydrogen-bond acceptors (Lipinski definition) is 4. The van der Waals surface area contributed by atoms with Crippen molar-refractivity contribution in [2.24, 2.45) is 5.92 Å². The highest BCUT2D eigenvalue weighted by molar-refractivity contribution is 5.90. The maximum absolute atomic E-state index is 13.0. The van der Waals surface area contributed by atoms with Crippen LogP contribution < -0.4 is 10.6 Å². The Kier molecular flexibility index (Phi) is 7.53. The van der Waals surface area contributed by atoms with Gasteiger partial charge in [-0.3, -0.25) is 9.59 Å². The van der Waals surface area contributed by atoms with Crippen molar-refractivity contribution in [3.8, 4) is 6.07 Å². The molecule has 0 aliphatic rings. The normalized spacial score (nSPS) is 13.8. The summed E-state index contributed by atoms with van der Waals surface area (Å²) in [6, 6.07) is 5.01. The van der Waals surface area contributed by atoms with Crippen molar-refractivity contribution in [3.63, 3.8) is 0 Å². The Morgan fingerprint density at radius 1 is 1.24 bits per heavy atom. The predicted octanol–water partition coefficient (Wildman–Crippen LogP) is 0.992. The Bertz CT molecular complexity index is 669. The molecule has 25 heavy (non-hydrogen) atoms. The number of nitriles is 1. The number of rotatable bonds is 8. The summed E-state index contributed by atoms with van der Waals surface area (Å²) in [5.41, 5.74) is 0.604. The zero-order chi connectivity index (χ0) is 19.0. The van der Waals surface area contributed by atoms with Crippen LogP contribution in [-0.2, 0) is 20.8 Å². The highest BCUT2D eigenvalue weighted by Crippen LogP contribution is 2.10. The van der Waals surface area contributed by atoms with Crippen LogP contribution in [0.1, 0.15) is 25.8 Å². The van der Waals surface area contributed by atoms with E-state index in [4.69, 9.17) is 5.26 Å². The minimum Gasteiger partial charge on any atom is -0.480 e. The monoisotopic (exact) mass is 349 g/mol. The molecule has 134 valence electrons. The van der Waals surface area contributed by atoms with Crippen LogP contribution >= 0.6 is 0 Å². The van der Waals surface area contributed by atoms with Gasteiger partial charge in [-0.25, -0.2) is 9.18 Å². The second-order valence-electron chi connectivity index (χ2n) is 5.75. The van der Waals surface area contributed by atoms with E-state index in [9.17, 15) is 23.9 Å². The average Bonchev–Trinajstić information content (AvgIpc) is 2.53.